The minimum Gasteiger partial charge on any atom is -0.489 e. The highest BCUT2D eigenvalue weighted by Crippen LogP contribution is 2.15. The molecule has 1 aliphatic rings. The van der Waals surface area contributed by atoms with E-state index in [1.54, 1.807) is 24.3 Å². The fraction of sp³-hybridized carbons (Fsp3) is 0.300. The van der Waals surface area contributed by atoms with E-state index in [1.807, 2.05) is 30.3 Å². The van der Waals surface area contributed by atoms with E-state index in [4.69, 9.17) is 4.74 Å². The van der Waals surface area contributed by atoms with E-state index in [0.29, 0.717) is 30.9 Å². The molecule has 0 spiro atoms. The van der Waals surface area contributed by atoms with E-state index in [0.717, 1.165) is 18.4 Å². The molecule has 0 radical (unpaired) electrons. The summed E-state index contributed by atoms with van der Waals surface area (Å²) < 4.78 is 5.71. The summed E-state index contributed by atoms with van der Waals surface area (Å²) in [5.74, 6) is 0.359. The fourth-order valence-corrected chi connectivity index (χ4v) is 2.76. The van der Waals surface area contributed by atoms with Crippen LogP contribution in [0.4, 0.5) is 0 Å². The van der Waals surface area contributed by atoms with Crippen molar-refractivity contribution >= 4 is 11.8 Å². The van der Waals surface area contributed by atoms with E-state index in [1.165, 1.54) is 0 Å². The first-order valence-corrected chi connectivity index (χ1v) is 8.58. The van der Waals surface area contributed by atoms with Gasteiger partial charge in [-0.3, -0.25) is 9.59 Å². The van der Waals surface area contributed by atoms with Crippen LogP contribution in [0, 0.1) is 0 Å². The summed E-state index contributed by atoms with van der Waals surface area (Å²) in [6.07, 6.45) is 2.55. The first kappa shape index (κ1) is 17.0. The molecule has 0 bridgehead atoms. The minimum atomic E-state index is -0.455. The van der Waals surface area contributed by atoms with Crippen LogP contribution in [0.5, 0.6) is 5.75 Å². The Morgan fingerprint density at radius 1 is 1.08 bits per heavy atom. The summed E-state index contributed by atoms with van der Waals surface area (Å²) >= 11 is 0. The van der Waals surface area contributed by atoms with Crippen LogP contribution in [0.1, 0.15) is 35.2 Å². The van der Waals surface area contributed by atoms with E-state index in [2.05, 4.69) is 10.6 Å². The van der Waals surface area contributed by atoms with Crippen LogP contribution in [-0.2, 0) is 11.4 Å². The topological polar surface area (TPSA) is 67.4 Å². The molecule has 1 saturated heterocycles. The molecule has 3 rings (SSSR count). The minimum absolute atomic E-state index is 0.103. The van der Waals surface area contributed by atoms with Crippen LogP contribution >= 0.6 is 0 Å². The van der Waals surface area contributed by atoms with Crippen molar-refractivity contribution in [2.75, 3.05) is 6.54 Å². The standard InChI is InChI=1S/C20H22N2O3/c23-19(22-18-8-4-5-13-21-20(18)24)16-9-11-17(12-10-16)25-14-15-6-2-1-3-7-15/h1-3,6-7,9-12,18H,4-5,8,13-14H2,(H,21,24)(H,22,23). The Bertz CT molecular complexity index is 713. The summed E-state index contributed by atoms with van der Waals surface area (Å²) in [5.41, 5.74) is 1.60. The zero-order chi connectivity index (χ0) is 17.5. The highest BCUT2D eigenvalue weighted by Gasteiger charge is 2.22. The lowest BCUT2D eigenvalue weighted by molar-refractivity contribution is -0.122. The Hall–Kier alpha value is -2.82. The van der Waals surface area contributed by atoms with Gasteiger partial charge in [0.1, 0.15) is 18.4 Å². The summed E-state index contributed by atoms with van der Waals surface area (Å²) in [4.78, 5) is 24.2. The number of rotatable bonds is 5. The molecule has 2 N–H and O–H groups in total. The fourth-order valence-electron chi connectivity index (χ4n) is 2.76. The lowest BCUT2D eigenvalue weighted by Gasteiger charge is -2.15. The maximum absolute atomic E-state index is 12.3. The molecular weight excluding hydrogens is 316 g/mol. The number of carbonyl (C=O) groups excluding carboxylic acids is 2. The average molecular weight is 338 g/mol. The van der Waals surface area contributed by atoms with Gasteiger partial charge in [0.15, 0.2) is 0 Å². The molecule has 0 saturated carbocycles. The van der Waals surface area contributed by atoms with Crippen LogP contribution in [0.15, 0.2) is 54.6 Å². The summed E-state index contributed by atoms with van der Waals surface area (Å²) in [6.45, 7) is 1.16. The van der Waals surface area contributed by atoms with Crippen molar-refractivity contribution in [3.8, 4) is 5.75 Å². The van der Waals surface area contributed by atoms with Gasteiger partial charge in [-0.1, -0.05) is 30.3 Å². The van der Waals surface area contributed by atoms with Crippen LogP contribution in [0.25, 0.3) is 0 Å². The average Bonchev–Trinajstić information content (AvgIpc) is 2.86. The number of hydrogen-bond donors (Lipinski definition) is 2. The number of benzene rings is 2. The zero-order valence-electron chi connectivity index (χ0n) is 14.0. The molecule has 1 unspecified atom stereocenters. The predicted molar refractivity (Wildman–Crippen MR) is 95.3 cm³/mol. The first-order chi connectivity index (χ1) is 12.2. The summed E-state index contributed by atoms with van der Waals surface area (Å²) in [6, 6.07) is 16.4. The maximum Gasteiger partial charge on any atom is 0.251 e. The van der Waals surface area contributed by atoms with Crippen molar-refractivity contribution in [1.29, 1.82) is 0 Å². The highest BCUT2D eigenvalue weighted by molar-refractivity contribution is 5.97. The first-order valence-electron chi connectivity index (χ1n) is 8.58. The second-order valence-electron chi connectivity index (χ2n) is 6.11. The lowest BCUT2D eigenvalue weighted by atomic mass is 10.1. The van der Waals surface area contributed by atoms with Crippen molar-refractivity contribution < 1.29 is 14.3 Å². The van der Waals surface area contributed by atoms with Crippen LogP contribution in [0.3, 0.4) is 0 Å². The van der Waals surface area contributed by atoms with Gasteiger partial charge < -0.3 is 15.4 Å². The van der Waals surface area contributed by atoms with E-state index in [-0.39, 0.29) is 11.8 Å². The number of amides is 2. The molecule has 5 nitrogen and oxygen atoms in total. The number of nitrogens with one attached hydrogen (secondary N) is 2. The van der Waals surface area contributed by atoms with Gasteiger partial charge in [0.25, 0.3) is 5.91 Å². The Labute approximate surface area is 147 Å². The molecule has 25 heavy (non-hydrogen) atoms. The van der Waals surface area contributed by atoms with Gasteiger partial charge in [-0.15, -0.1) is 0 Å². The van der Waals surface area contributed by atoms with Crippen molar-refractivity contribution in [3.05, 3.63) is 65.7 Å². The number of ether oxygens (including phenoxy) is 1. The van der Waals surface area contributed by atoms with Crippen molar-refractivity contribution in [2.45, 2.75) is 31.9 Å². The molecule has 2 aromatic rings. The Morgan fingerprint density at radius 3 is 2.60 bits per heavy atom. The molecule has 0 aromatic heterocycles. The van der Waals surface area contributed by atoms with Gasteiger partial charge in [0.05, 0.1) is 0 Å². The number of carbonyl (C=O) groups is 2. The normalized spacial score (nSPS) is 17.3. The summed E-state index contributed by atoms with van der Waals surface area (Å²) in [5, 5.41) is 5.63. The van der Waals surface area contributed by atoms with Gasteiger partial charge in [0, 0.05) is 12.1 Å². The zero-order valence-corrected chi connectivity index (χ0v) is 14.0. The second-order valence-corrected chi connectivity index (χ2v) is 6.11. The predicted octanol–water partition coefficient (Wildman–Crippen LogP) is 2.66. The smallest absolute Gasteiger partial charge is 0.251 e. The second kappa shape index (κ2) is 8.33. The molecule has 1 fully saturated rings. The number of hydrogen-bond acceptors (Lipinski definition) is 3. The van der Waals surface area contributed by atoms with Gasteiger partial charge in [-0.25, -0.2) is 0 Å². The Morgan fingerprint density at radius 2 is 1.84 bits per heavy atom. The van der Waals surface area contributed by atoms with Gasteiger partial charge >= 0.3 is 0 Å². The van der Waals surface area contributed by atoms with Crippen molar-refractivity contribution in [2.24, 2.45) is 0 Å². The quantitative estimate of drug-likeness (QED) is 0.881. The third-order valence-electron chi connectivity index (χ3n) is 4.21. The van der Waals surface area contributed by atoms with E-state index in [9.17, 15) is 9.59 Å². The molecule has 1 aliphatic heterocycles. The SMILES string of the molecule is O=C(NC1CCCCNC1=O)c1ccc(OCc2ccccc2)cc1. The largest absolute Gasteiger partial charge is 0.489 e. The van der Waals surface area contributed by atoms with Crippen molar-refractivity contribution in [1.82, 2.24) is 10.6 Å². The third kappa shape index (κ3) is 4.83. The van der Waals surface area contributed by atoms with Crippen LogP contribution in [0.2, 0.25) is 0 Å². The molecule has 0 aliphatic carbocycles. The van der Waals surface area contributed by atoms with Gasteiger partial charge in [-0.2, -0.15) is 0 Å². The van der Waals surface area contributed by atoms with Gasteiger partial charge in [0.2, 0.25) is 5.91 Å². The molecule has 5 heteroatoms. The highest BCUT2D eigenvalue weighted by atomic mass is 16.5. The molecule has 2 amide bonds. The van der Waals surface area contributed by atoms with Gasteiger partial charge in [-0.05, 0) is 49.1 Å². The van der Waals surface area contributed by atoms with Crippen LogP contribution in [-0.4, -0.2) is 24.4 Å². The van der Waals surface area contributed by atoms with E-state index >= 15 is 0 Å². The Balaban J connectivity index is 1.55. The van der Waals surface area contributed by atoms with Crippen LogP contribution < -0.4 is 15.4 Å². The monoisotopic (exact) mass is 338 g/mol. The lowest BCUT2D eigenvalue weighted by Crippen LogP contribution is -2.45. The van der Waals surface area contributed by atoms with E-state index < -0.39 is 6.04 Å². The maximum atomic E-state index is 12.3. The third-order valence-corrected chi connectivity index (χ3v) is 4.21. The molecule has 1 atom stereocenters. The summed E-state index contributed by atoms with van der Waals surface area (Å²) in [7, 11) is 0. The Kier molecular flexibility index (Phi) is 5.67. The molecular formula is C20H22N2O3. The molecule has 2 aromatic carbocycles. The molecule has 1 heterocycles. The molecule has 130 valence electrons. The van der Waals surface area contributed by atoms with Crippen molar-refractivity contribution in [3.63, 3.8) is 0 Å².